The van der Waals surface area contributed by atoms with Gasteiger partial charge in [-0.05, 0) is 13.8 Å². The number of carboxylic acids is 1. The second kappa shape index (κ2) is 5.67. The first-order valence-corrected chi connectivity index (χ1v) is 7.09. The van der Waals surface area contributed by atoms with Crippen molar-refractivity contribution in [1.82, 2.24) is 9.88 Å². The molecule has 5 nitrogen and oxygen atoms in total. The van der Waals surface area contributed by atoms with Gasteiger partial charge in [0.1, 0.15) is 0 Å². The van der Waals surface area contributed by atoms with E-state index in [1.165, 1.54) is 0 Å². The van der Waals surface area contributed by atoms with Gasteiger partial charge in [-0.3, -0.25) is 9.69 Å². The highest BCUT2D eigenvalue weighted by atomic mass is 32.1. The zero-order valence-electron chi connectivity index (χ0n) is 10.8. The van der Waals surface area contributed by atoms with Gasteiger partial charge < -0.3 is 10.0 Å². The molecule has 0 aromatic carbocycles. The minimum Gasteiger partial charge on any atom is -0.481 e. The minimum absolute atomic E-state index is 0.0163. The molecule has 0 radical (unpaired) electrons. The van der Waals surface area contributed by atoms with Gasteiger partial charge in [0, 0.05) is 37.6 Å². The summed E-state index contributed by atoms with van der Waals surface area (Å²) in [6, 6.07) is 0.589. The van der Waals surface area contributed by atoms with Crippen molar-refractivity contribution in [2.75, 3.05) is 31.1 Å². The Hall–Kier alpha value is -1.14. The number of rotatable bonds is 4. The summed E-state index contributed by atoms with van der Waals surface area (Å²) >= 11 is 1.54. The summed E-state index contributed by atoms with van der Waals surface area (Å²) in [6.07, 6.45) is 0.0163. The number of nitrogens with zero attached hydrogens (tertiary/aromatic N) is 3. The predicted molar refractivity (Wildman–Crippen MR) is 72.4 cm³/mol. The van der Waals surface area contributed by atoms with Crippen molar-refractivity contribution in [2.45, 2.75) is 26.3 Å². The van der Waals surface area contributed by atoms with Crippen LogP contribution in [0.2, 0.25) is 0 Å². The number of hydrogen-bond donors (Lipinski definition) is 1. The molecule has 18 heavy (non-hydrogen) atoms. The summed E-state index contributed by atoms with van der Waals surface area (Å²) < 4.78 is 0. The third kappa shape index (κ3) is 3.20. The van der Waals surface area contributed by atoms with E-state index >= 15 is 0 Å². The van der Waals surface area contributed by atoms with Gasteiger partial charge in [0.2, 0.25) is 0 Å². The molecule has 1 aliphatic heterocycles. The molecule has 2 heterocycles. The van der Waals surface area contributed by atoms with E-state index in [0.29, 0.717) is 11.7 Å². The van der Waals surface area contributed by atoms with Gasteiger partial charge in [-0.15, -0.1) is 11.3 Å². The highest BCUT2D eigenvalue weighted by molar-refractivity contribution is 7.13. The third-order valence-corrected chi connectivity index (χ3v) is 4.14. The summed E-state index contributed by atoms with van der Waals surface area (Å²) in [7, 11) is 0. The molecular formula is C12H19N3O2S. The van der Waals surface area contributed by atoms with E-state index in [9.17, 15) is 4.79 Å². The molecule has 0 atom stereocenters. The van der Waals surface area contributed by atoms with E-state index in [1.54, 1.807) is 11.3 Å². The van der Waals surface area contributed by atoms with Gasteiger partial charge in [0.05, 0.1) is 12.1 Å². The molecular weight excluding hydrogens is 250 g/mol. The van der Waals surface area contributed by atoms with Crippen LogP contribution in [0.25, 0.3) is 0 Å². The number of aromatic nitrogens is 1. The predicted octanol–water partition coefficient (Wildman–Crippen LogP) is 1.30. The maximum Gasteiger partial charge on any atom is 0.309 e. The summed E-state index contributed by atoms with van der Waals surface area (Å²) in [5.41, 5.74) is 0.661. The van der Waals surface area contributed by atoms with Crippen molar-refractivity contribution in [1.29, 1.82) is 0 Å². The number of hydrogen-bond acceptors (Lipinski definition) is 5. The highest BCUT2D eigenvalue weighted by Crippen LogP contribution is 2.22. The molecule has 1 aromatic rings. The molecule has 1 N–H and O–H groups in total. The number of anilines is 1. The van der Waals surface area contributed by atoms with Crippen molar-refractivity contribution < 1.29 is 9.90 Å². The van der Waals surface area contributed by atoms with Crippen molar-refractivity contribution >= 4 is 22.4 Å². The topological polar surface area (TPSA) is 56.7 Å². The van der Waals surface area contributed by atoms with E-state index in [1.807, 2.05) is 5.38 Å². The molecule has 1 aliphatic rings. The van der Waals surface area contributed by atoms with Crippen LogP contribution in [0.5, 0.6) is 0 Å². The molecule has 1 fully saturated rings. The Balaban J connectivity index is 1.93. The molecule has 1 saturated heterocycles. The maximum atomic E-state index is 10.6. The fourth-order valence-corrected chi connectivity index (χ4v) is 2.99. The Morgan fingerprint density at radius 1 is 1.44 bits per heavy atom. The number of aliphatic carboxylic acids is 1. The Morgan fingerprint density at radius 3 is 2.67 bits per heavy atom. The lowest BCUT2D eigenvalue weighted by Gasteiger charge is -2.36. The molecule has 1 aromatic heterocycles. The number of thiazole rings is 1. The highest BCUT2D eigenvalue weighted by Gasteiger charge is 2.21. The minimum atomic E-state index is -0.823. The second-order valence-corrected chi connectivity index (χ2v) is 5.65. The molecule has 100 valence electrons. The van der Waals surface area contributed by atoms with Crippen LogP contribution >= 0.6 is 11.3 Å². The van der Waals surface area contributed by atoms with Gasteiger partial charge in [0.25, 0.3) is 0 Å². The van der Waals surface area contributed by atoms with Crippen LogP contribution in [0.4, 0.5) is 5.13 Å². The lowest BCUT2D eigenvalue weighted by Crippen LogP contribution is -2.48. The van der Waals surface area contributed by atoms with Crippen LogP contribution in [0.15, 0.2) is 5.38 Å². The average Bonchev–Trinajstić information content (AvgIpc) is 2.76. The van der Waals surface area contributed by atoms with Gasteiger partial charge in [-0.2, -0.15) is 0 Å². The maximum absolute atomic E-state index is 10.6. The van der Waals surface area contributed by atoms with E-state index < -0.39 is 5.97 Å². The van der Waals surface area contributed by atoms with Gasteiger partial charge >= 0.3 is 5.97 Å². The zero-order valence-corrected chi connectivity index (χ0v) is 11.6. The first-order chi connectivity index (χ1) is 8.56. The molecule has 0 bridgehead atoms. The van der Waals surface area contributed by atoms with E-state index in [0.717, 1.165) is 31.3 Å². The summed E-state index contributed by atoms with van der Waals surface area (Å²) in [5.74, 6) is -0.823. The fraction of sp³-hybridized carbons (Fsp3) is 0.667. The normalized spacial score (nSPS) is 17.4. The third-order valence-electron chi connectivity index (χ3n) is 3.19. The van der Waals surface area contributed by atoms with Crippen LogP contribution in [-0.4, -0.2) is 53.2 Å². The summed E-state index contributed by atoms with van der Waals surface area (Å²) in [4.78, 5) is 19.7. The lowest BCUT2D eigenvalue weighted by atomic mass is 10.2. The number of piperazine rings is 1. The van der Waals surface area contributed by atoms with Crippen molar-refractivity contribution in [3.05, 3.63) is 11.1 Å². The molecule has 2 rings (SSSR count). The zero-order chi connectivity index (χ0) is 13.1. The van der Waals surface area contributed by atoms with Crippen molar-refractivity contribution in [3.8, 4) is 0 Å². The van der Waals surface area contributed by atoms with Crippen LogP contribution in [0.1, 0.15) is 19.5 Å². The fourth-order valence-electron chi connectivity index (χ4n) is 2.11. The quantitative estimate of drug-likeness (QED) is 0.893. The summed E-state index contributed by atoms with van der Waals surface area (Å²) in [6.45, 7) is 8.46. The standard InChI is InChI=1S/C12H19N3O2S/c1-9(2)14-3-5-15(6-4-14)12-13-10(8-18-12)7-11(16)17/h8-9H,3-7H2,1-2H3,(H,16,17). The molecule has 0 aliphatic carbocycles. The molecule has 0 unspecified atom stereocenters. The summed E-state index contributed by atoms with van der Waals surface area (Å²) in [5, 5.41) is 11.5. The molecule has 0 amide bonds. The van der Waals surface area contributed by atoms with Crippen molar-refractivity contribution in [3.63, 3.8) is 0 Å². The Morgan fingerprint density at radius 2 is 2.11 bits per heavy atom. The van der Waals surface area contributed by atoms with Crippen LogP contribution in [0, 0.1) is 0 Å². The van der Waals surface area contributed by atoms with Crippen LogP contribution < -0.4 is 4.90 Å². The Kier molecular flexibility index (Phi) is 4.19. The van der Waals surface area contributed by atoms with Gasteiger partial charge in [-0.25, -0.2) is 4.98 Å². The monoisotopic (exact) mass is 269 g/mol. The van der Waals surface area contributed by atoms with Crippen molar-refractivity contribution in [2.24, 2.45) is 0 Å². The van der Waals surface area contributed by atoms with Gasteiger partial charge in [-0.1, -0.05) is 0 Å². The largest absolute Gasteiger partial charge is 0.481 e. The Bertz CT molecular complexity index is 411. The molecule has 6 heteroatoms. The van der Waals surface area contributed by atoms with E-state index in [4.69, 9.17) is 5.11 Å². The molecule has 0 saturated carbocycles. The number of carbonyl (C=O) groups is 1. The second-order valence-electron chi connectivity index (χ2n) is 4.81. The average molecular weight is 269 g/mol. The van der Waals surface area contributed by atoms with Crippen LogP contribution in [-0.2, 0) is 11.2 Å². The lowest BCUT2D eigenvalue weighted by molar-refractivity contribution is -0.136. The van der Waals surface area contributed by atoms with E-state index in [-0.39, 0.29) is 6.42 Å². The van der Waals surface area contributed by atoms with Gasteiger partial charge in [0.15, 0.2) is 5.13 Å². The first kappa shape index (κ1) is 13.3. The van der Waals surface area contributed by atoms with Crippen LogP contribution in [0.3, 0.4) is 0 Å². The first-order valence-electron chi connectivity index (χ1n) is 6.21. The SMILES string of the molecule is CC(C)N1CCN(c2nc(CC(=O)O)cs2)CC1. The number of carboxylic acid groups (broad SMARTS) is 1. The Labute approximate surface area is 111 Å². The van der Waals surface area contributed by atoms with E-state index in [2.05, 4.69) is 28.6 Å². The molecule has 0 spiro atoms. The smallest absolute Gasteiger partial charge is 0.309 e.